The smallest absolute Gasteiger partial charge is 0.336 e. The van der Waals surface area contributed by atoms with E-state index < -0.39 is 5.97 Å². The zero-order valence-corrected chi connectivity index (χ0v) is 13.3. The van der Waals surface area contributed by atoms with E-state index in [1.807, 2.05) is 6.92 Å². The van der Waals surface area contributed by atoms with Crippen molar-refractivity contribution in [2.24, 2.45) is 5.92 Å². The summed E-state index contributed by atoms with van der Waals surface area (Å²) in [4.78, 5) is 25.0. The van der Waals surface area contributed by atoms with Gasteiger partial charge in [0.15, 0.2) is 0 Å². The van der Waals surface area contributed by atoms with Crippen LogP contribution in [0.2, 0.25) is 0 Å². The number of carboxylic acids is 1. The lowest BCUT2D eigenvalue weighted by Crippen LogP contribution is -2.39. The maximum absolute atomic E-state index is 12.2. The Hall–Kier alpha value is -2.04. The number of anilines is 1. The van der Waals surface area contributed by atoms with Gasteiger partial charge in [-0.2, -0.15) is 0 Å². The molecule has 1 atom stereocenters. The number of rotatable bonds is 5. The van der Waals surface area contributed by atoms with Gasteiger partial charge in [-0.25, -0.2) is 9.59 Å². The number of carbonyl (C=O) groups excluding carboxylic acids is 1. The van der Waals surface area contributed by atoms with Gasteiger partial charge in [0.2, 0.25) is 0 Å². The quantitative estimate of drug-likeness (QED) is 0.871. The molecule has 0 aliphatic heterocycles. The summed E-state index contributed by atoms with van der Waals surface area (Å²) in [6, 6.07) is 4.75. The predicted octanol–water partition coefficient (Wildman–Crippen LogP) is 3.59. The van der Waals surface area contributed by atoms with Gasteiger partial charge in [0.05, 0.1) is 5.56 Å². The molecule has 5 heteroatoms. The Morgan fingerprint density at radius 3 is 2.43 bits per heavy atom. The van der Waals surface area contributed by atoms with Crippen LogP contribution in [-0.2, 0) is 0 Å². The summed E-state index contributed by atoms with van der Waals surface area (Å²) < 4.78 is 0. The Balaban J connectivity index is 2.84. The van der Waals surface area contributed by atoms with E-state index in [-0.39, 0.29) is 17.6 Å². The minimum atomic E-state index is -0.995. The van der Waals surface area contributed by atoms with Gasteiger partial charge in [-0.05, 0) is 43.9 Å². The average Bonchev–Trinajstić information content (AvgIpc) is 2.38. The normalized spacial score (nSPS) is 12.1. The van der Waals surface area contributed by atoms with E-state index in [9.17, 15) is 9.59 Å². The first-order valence-electron chi connectivity index (χ1n) is 7.10. The number of amides is 2. The van der Waals surface area contributed by atoms with Crippen molar-refractivity contribution in [1.29, 1.82) is 0 Å². The monoisotopic (exact) mass is 292 g/mol. The number of carbonyl (C=O) groups is 2. The summed E-state index contributed by atoms with van der Waals surface area (Å²) in [7, 11) is 1.75. The van der Waals surface area contributed by atoms with Crippen molar-refractivity contribution >= 4 is 17.7 Å². The maximum Gasteiger partial charge on any atom is 0.336 e. The van der Waals surface area contributed by atoms with E-state index in [2.05, 4.69) is 19.2 Å². The summed E-state index contributed by atoms with van der Waals surface area (Å²) in [5, 5.41) is 11.9. The van der Waals surface area contributed by atoms with Crippen molar-refractivity contribution in [3.05, 3.63) is 29.3 Å². The van der Waals surface area contributed by atoms with Crippen LogP contribution in [0.1, 0.15) is 43.1 Å². The van der Waals surface area contributed by atoms with E-state index in [0.29, 0.717) is 17.2 Å². The largest absolute Gasteiger partial charge is 0.478 e. The van der Waals surface area contributed by atoms with Crippen molar-refractivity contribution in [3.63, 3.8) is 0 Å². The third kappa shape index (κ3) is 4.48. The third-order valence-electron chi connectivity index (χ3n) is 3.60. The summed E-state index contributed by atoms with van der Waals surface area (Å²) in [6.07, 6.45) is 0.915. The summed E-state index contributed by atoms with van der Waals surface area (Å²) >= 11 is 0. The number of nitrogens with zero attached hydrogens (tertiary/aromatic N) is 1. The highest BCUT2D eigenvalue weighted by Crippen LogP contribution is 2.20. The second kappa shape index (κ2) is 7.11. The van der Waals surface area contributed by atoms with Gasteiger partial charge in [-0.1, -0.05) is 19.9 Å². The van der Waals surface area contributed by atoms with Crippen molar-refractivity contribution in [2.45, 2.75) is 40.2 Å². The van der Waals surface area contributed by atoms with Gasteiger partial charge in [0, 0.05) is 18.8 Å². The molecule has 0 bridgehead atoms. The van der Waals surface area contributed by atoms with E-state index >= 15 is 0 Å². The summed E-state index contributed by atoms with van der Waals surface area (Å²) in [5.74, 6) is -0.488. The standard InChI is InChI=1S/C16H24N2O3/c1-10(2)9-11(3)18(5)16(21)17-14-8-6-7-13(12(14)4)15(19)20/h6-8,10-11H,9H2,1-5H3,(H,17,21)(H,19,20). The van der Waals surface area contributed by atoms with Gasteiger partial charge in [-0.15, -0.1) is 0 Å². The van der Waals surface area contributed by atoms with Crippen LogP contribution >= 0.6 is 0 Å². The molecular weight excluding hydrogens is 268 g/mol. The van der Waals surface area contributed by atoms with Crippen molar-refractivity contribution in [2.75, 3.05) is 12.4 Å². The third-order valence-corrected chi connectivity index (χ3v) is 3.60. The molecule has 5 nitrogen and oxygen atoms in total. The molecule has 0 saturated heterocycles. The highest BCUT2D eigenvalue weighted by Gasteiger charge is 2.18. The fourth-order valence-corrected chi connectivity index (χ4v) is 2.25. The molecular formula is C16H24N2O3. The number of benzene rings is 1. The zero-order chi connectivity index (χ0) is 16.2. The Bertz CT molecular complexity index is 526. The highest BCUT2D eigenvalue weighted by atomic mass is 16.4. The van der Waals surface area contributed by atoms with Gasteiger partial charge in [-0.3, -0.25) is 0 Å². The number of urea groups is 1. The molecule has 21 heavy (non-hydrogen) atoms. The molecule has 116 valence electrons. The number of aromatic carboxylic acids is 1. The minimum absolute atomic E-state index is 0.118. The van der Waals surface area contributed by atoms with Crippen molar-refractivity contribution < 1.29 is 14.7 Å². The number of nitrogens with one attached hydrogen (secondary N) is 1. The lowest BCUT2D eigenvalue weighted by atomic mass is 10.0. The number of hydrogen-bond acceptors (Lipinski definition) is 2. The van der Waals surface area contributed by atoms with Crippen molar-refractivity contribution in [3.8, 4) is 0 Å². The Morgan fingerprint density at radius 1 is 1.29 bits per heavy atom. The van der Waals surface area contributed by atoms with E-state index in [4.69, 9.17) is 5.11 Å². The van der Waals surface area contributed by atoms with Crippen LogP contribution in [0, 0.1) is 12.8 Å². The Kier molecular flexibility index (Phi) is 5.76. The van der Waals surface area contributed by atoms with E-state index in [1.165, 1.54) is 6.07 Å². The van der Waals surface area contributed by atoms with Gasteiger partial charge < -0.3 is 15.3 Å². The molecule has 0 heterocycles. The van der Waals surface area contributed by atoms with Crippen LogP contribution in [-0.4, -0.2) is 35.1 Å². The number of carboxylic acid groups (broad SMARTS) is 1. The minimum Gasteiger partial charge on any atom is -0.478 e. The van der Waals surface area contributed by atoms with E-state index in [0.717, 1.165) is 6.42 Å². The molecule has 0 aliphatic rings. The maximum atomic E-state index is 12.2. The molecule has 0 aromatic heterocycles. The van der Waals surface area contributed by atoms with Crippen molar-refractivity contribution in [1.82, 2.24) is 4.90 Å². The first-order valence-corrected chi connectivity index (χ1v) is 7.10. The molecule has 0 spiro atoms. The van der Waals surface area contributed by atoms with E-state index in [1.54, 1.807) is 31.0 Å². The predicted molar refractivity (Wildman–Crippen MR) is 83.8 cm³/mol. The topological polar surface area (TPSA) is 69.6 Å². The second-order valence-corrected chi connectivity index (χ2v) is 5.80. The first-order chi connectivity index (χ1) is 9.73. The first kappa shape index (κ1) is 17.0. The molecule has 0 radical (unpaired) electrons. The molecule has 0 fully saturated rings. The molecule has 2 amide bonds. The lowest BCUT2D eigenvalue weighted by Gasteiger charge is -2.27. The average molecular weight is 292 g/mol. The SMILES string of the molecule is Cc1c(NC(=O)N(C)C(C)CC(C)C)cccc1C(=O)O. The van der Waals surface area contributed by atoms with Crippen LogP contribution in [0.3, 0.4) is 0 Å². The Labute approximate surface area is 126 Å². The summed E-state index contributed by atoms with van der Waals surface area (Å²) in [6.45, 7) is 7.92. The highest BCUT2D eigenvalue weighted by molar-refractivity contribution is 5.95. The lowest BCUT2D eigenvalue weighted by molar-refractivity contribution is 0.0696. The van der Waals surface area contributed by atoms with Crippen LogP contribution in [0.15, 0.2) is 18.2 Å². The zero-order valence-electron chi connectivity index (χ0n) is 13.3. The van der Waals surface area contributed by atoms with Gasteiger partial charge in [0.1, 0.15) is 0 Å². The fourth-order valence-electron chi connectivity index (χ4n) is 2.25. The van der Waals surface area contributed by atoms with Crippen LogP contribution < -0.4 is 5.32 Å². The summed E-state index contributed by atoms with van der Waals surface area (Å²) in [5.41, 5.74) is 1.29. The molecule has 2 N–H and O–H groups in total. The van der Waals surface area contributed by atoms with Crippen LogP contribution in [0.5, 0.6) is 0 Å². The van der Waals surface area contributed by atoms with Gasteiger partial charge in [0.25, 0.3) is 0 Å². The molecule has 0 saturated carbocycles. The molecule has 1 aromatic carbocycles. The Morgan fingerprint density at radius 2 is 1.90 bits per heavy atom. The molecule has 1 unspecified atom stereocenters. The van der Waals surface area contributed by atoms with Gasteiger partial charge >= 0.3 is 12.0 Å². The number of hydrogen-bond donors (Lipinski definition) is 2. The molecule has 1 aromatic rings. The van der Waals surface area contributed by atoms with Crippen LogP contribution in [0.25, 0.3) is 0 Å². The second-order valence-electron chi connectivity index (χ2n) is 5.80. The molecule has 1 rings (SSSR count). The molecule has 0 aliphatic carbocycles. The fraction of sp³-hybridized carbons (Fsp3) is 0.500. The van der Waals surface area contributed by atoms with Crippen LogP contribution in [0.4, 0.5) is 10.5 Å².